The van der Waals surface area contributed by atoms with Crippen LogP contribution in [-0.2, 0) is 4.79 Å². The molecule has 2 N–H and O–H groups in total. The molecular formula is C12H15FN2O. The molecule has 4 heteroatoms. The van der Waals surface area contributed by atoms with Gasteiger partial charge in [0.15, 0.2) is 0 Å². The van der Waals surface area contributed by atoms with Gasteiger partial charge in [0.25, 0.3) is 0 Å². The van der Waals surface area contributed by atoms with E-state index < -0.39 is 0 Å². The van der Waals surface area contributed by atoms with E-state index in [0.717, 1.165) is 18.5 Å². The van der Waals surface area contributed by atoms with Crippen molar-refractivity contribution in [3.05, 3.63) is 30.1 Å². The second-order valence-electron chi connectivity index (χ2n) is 4.04. The topological polar surface area (TPSA) is 46.3 Å². The molecule has 1 aliphatic heterocycles. The fourth-order valence-corrected chi connectivity index (χ4v) is 2.05. The third-order valence-electron chi connectivity index (χ3n) is 2.97. The molecule has 1 aliphatic rings. The lowest BCUT2D eigenvalue weighted by atomic mass is 9.97. The van der Waals surface area contributed by atoms with E-state index in [0.29, 0.717) is 13.1 Å². The van der Waals surface area contributed by atoms with Gasteiger partial charge in [-0.25, -0.2) is 4.39 Å². The van der Waals surface area contributed by atoms with Gasteiger partial charge in [0.05, 0.1) is 5.92 Å². The Morgan fingerprint density at radius 3 is 2.69 bits per heavy atom. The summed E-state index contributed by atoms with van der Waals surface area (Å²) >= 11 is 0. The Labute approximate surface area is 94.0 Å². The van der Waals surface area contributed by atoms with E-state index in [9.17, 15) is 9.18 Å². The number of hydrogen-bond donors (Lipinski definition) is 1. The van der Waals surface area contributed by atoms with Crippen LogP contribution in [0.1, 0.15) is 12.8 Å². The van der Waals surface area contributed by atoms with Gasteiger partial charge in [0.1, 0.15) is 5.82 Å². The molecule has 86 valence electrons. The summed E-state index contributed by atoms with van der Waals surface area (Å²) < 4.78 is 12.8. The van der Waals surface area contributed by atoms with Crippen LogP contribution < -0.4 is 10.6 Å². The van der Waals surface area contributed by atoms with Gasteiger partial charge >= 0.3 is 0 Å². The van der Waals surface area contributed by atoms with Gasteiger partial charge in [0, 0.05) is 18.8 Å². The van der Waals surface area contributed by atoms with Gasteiger partial charge in [0.2, 0.25) is 5.91 Å². The number of nitrogens with two attached hydrogens (primary N) is 1. The fourth-order valence-electron chi connectivity index (χ4n) is 2.05. The zero-order valence-corrected chi connectivity index (χ0v) is 9.03. The van der Waals surface area contributed by atoms with Crippen LogP contribution in [0.3, 0.4) is 0 Å². The molecule has 1 aromatic rings. The molecule has 1 aromatic carbocycles. The number of amides is 1. The van der Waals surface area contributed by atoms with E-state index in [1.54, 1.807) is 17.0 Å². The Morgan fingerprint density at radius 1 is 1.38 bits per heavy atom. The first kappa shape index (κ1) is 11.1. The third kappa shape index (κ3) is 2.07. The van der Waals surface area contributed by atoms with Gasteiger partial charge in [-0.3, -0.25) is 4.79 Å². The number of carbonyl (C=O) groups excluding carboxylic acids is 1. The highest BCUT2D eigenvalue weighted by molar-refractivity contribution is 5.95. The van der Waals surface area contributed by atoms with Gasteiger partial charge in [-0.05, 0) is 37.1 Å². The van der Waals surface area contributed by atoms with Crippen LogP contribution in [0.25, 0.3) is 0 Å². The zero-order chi connectivity index (χ0) is 11.5. The molecule has 1 saturated heterocycles. The Morgan fingerprint density at radius 2 is 2.06 bits per heavy atom. The number of piperidine rings is 1. The first-order valence-corrected chi connectivity index (χ1v) is 5.49. The van der Waals surface area contributed by atoms with E-state index in [4.69, 9.17) is 5.73 Å². The largest absolute Gasteiger partial charge is 0.330 e. The molecule has 3 nitrogen and oxygen atoms in total. The lowest BCUT2D eigenvalue weighted by molar-refractivity contribution is -0.123. The Hall–Kier alpha value is -1.42. The molecule has 0 radical (unpaired) electrons. The summed E-state index contributed by atoms with van der Waals surface area (Å²) in [6.07, 6.45) is 1.80. The second-order valence-corrected chi connectivity index (χ2v) is 4.04. The fraction of sp³-hybridized carbons (Fsp3) is 0.417. The van der Waals surface area contributed by atoms with Crippen LogP contribution in [0.2, 0.25) is 0 Å². The lowest BCUT2D eigenvalue weighted by Crippen LogP contribution is -2.43. The van der Waals surface area contributed by atoms with Gasteiger partial charge in [-0.15, -0.1) is 0 Å². The van der Waals surface area contributed by atoms with Crippen molar-refractivity contribution in [3.8, 4) is 0 Å². The SMILES string of the molecule is NC[C@H]1CCCN(c2ccc(F)cc2)C1=O. The van der Waals surface area contributed by atoms with Crippen molar-refractivity contribution in [3.63, 3.8) is 0 Å². The van der Waals surface area contributed by atoms with Crippen LogP contribution in [0.5, 0.6) is 0 Å². The Balaban J connectivity index is 2.20. The minimum absolute atomic E-state index is 0.0559. The van der Waals surface area contributed by atoms with Crippen LogP contribution in [0, 0.1) is 11.7 Å². The van der Waals surface area contributed by atoms with E-state index in [2.05, 4.69) is 0 Å². The number of hydrogen-bond acceptors (Lipinski definition) is 2. The maximum atomic E-state index is 12.8. The standard InChI is InChI=1S/C12H15FN2O/c13-10-3-5-11(6-4-10)15-7-1-2-9(8-14)12(15)16/h3-6,9H,1-2,7-8,14H2/t9-/m1/s1. The number of benzene rings is 1. The van der Waals surface area contributed by atoms with Crippen molar-refractivity contribution >= 4 is 11.6 Å². The van der Waals surface area contributed by atoms with Crippen LogP contribution >= 0.6 is 0 Å². The minimum atomic E-state index is -0.288. The molecule has 0 unspecified atom stereocenters. The van der Waals surface area contributed by atoms with Crippen molar-refractivity contribution in [2.45, 2.75) is 12.8 Å². The maximum Gasteiger partial charge on any atom is 0.231 e. The van der Waals surface area contributed by atoms with Crippen LogP contribution in [0.15, 0.2) is 24.3 Å². The average molecular weight is 222 g/mol. The first-order chi connectivity index (χ1) is 7.72. The molecule has 0 bridgehead atoms. The van der Waals surface area contributed by atoms with Crippen molar-refractivity contribution in [2.75, 3.05) is 18.0 Å². The van der Waals surface area contributed by atoms with E-state index in [1.165, 1.54) is 12.1 Å². The van der Waals surface area contributed by atoms with Crippen molar-refractivity contribution in [1.29, 1.82) is 0 Å². The third-order valence-corrected chi connectivity index (χ3v) is 2.97. The molecule has 0 aliphatic carbocycles. The zero-order valence-electron chi connectivity index (χ0n) is 9.03. The van der Waals surface area contributed by atoms with Gasteiger partial charge in [-0.1, -0.05) is 0 Å². The number of halogens is 1. The Bertz CT molecular complexity index is 377. The summed E-state index contributed by atoms with van der Waals surface area (Å²) in [4.78, 5) is 13.7. The minimum Gasteiger partial charge on any atom is -0.330 e. The molecule has 0 aromatic heterocycles. The maximum absolute atomic E-state index is 12.8. The van der Waals surface area contributed by atoms with Crippen molar-refractivity contribution < 1.29 is 9.18 Å². The van der Waals surface area contributed by atoms with Crippen molar-refractivity contribution in [2.24, 2.45) is 11.7 Å². The molecule has 0 saturated carbocycles. The molecule has 0 spiro atoms. The van der Waals surface area contributed by atoms with Crippen LogP contribution in [-0.4, -0.2) is 19.0 Å². The highest BCUT2D eigenvalue weighted by Gasteiger charge is 2.28. The Kier molecular flexibility index (Phi) is 3.19. The van der Waals surface area contributed by atoms with Crippen LogP contribution in [0.4, 0.5) is 10.1 Å². The molecule has 1 fully saturated rings. The summed E-state index contributed by atoms with van der Waals surface area (Å²) in [5.41, 5.74) is 6.30. The molecule has 2 rings (SSSR count). The normalized spacial score (nSPS) is 21.2. The molecular weight excluding hydrogens is 207 g/mol. The molecule has 1 heterocycles. The summed E-state index contributed by atoms with van der Waals surface area (Å²) in [5.74, 6) is -0.317. The molecule has 1 atom stereocenters. The summed E-state index contributed by atoms with van der Waals surface area (Å²) in [5, 5.41) is 0. The number of nitrogens with zero attached hydrogens (tertiary/aromatic N) is 1. The number of anilines is 1. The van der Waals surface area contributed by atoms with Crippen molar-refractivity contribution in [1.82, 2.24) is 0 Å². The van der Waals surface area contributed by atoms with Gasteiger partial charge in [-0.2, -0.15) is 0 Å². The molecule has 1 amide bonds. The quantitative estimate of drug-likeness (QED) is 0.824. The second kappa shape index (κ2) is 4.61. The monoisotopic (exact) mass is 222 g/mol. The number of rotatable bonds is 2. The van der Waals surface area contributed by atoms with E-state index >= 15 is 0 Å². The summed E-state index contributed by atoms with van der Waals surface area (Å²) in [7, 11) is 0. The summed E-state index contributed by atoms with van der Waals surface area (Å²) in [6.45, 7) is 1.08. The lowest BCUT2D eigenvalue weighted by Gasteiger charge is -2.31. The predicted molar refractivity (Wildman–Crippen MR) is 60.5 cm³/mol. The average Bonchev–Trinajstić information content (AvgIpc) is 2.31. The van der Waals surface area contributed by atoms with Gasteiger partial charge < -0.3 is 10.6 Å². The summed E-state index contributed by atoms with van der Waals surface area (Å²) in [6, 6.07) is 6.00. The van der Waals surface area contributed by atoms with E-state index in [1.807, 2.05) is 0 Å². The number of carbonyl (C=O) groups is 1. The highest BCUT2D eigenvalue weighted by atomic mass is 19.1. The first-order valence-electron chi connectivity index (χ1n) is 5.49. The predicted octanol–water partition coefficient (Wildman–Crippen LogP) is 1.53. The highest BCUT2D eigenvalue weighted by Crippen LogP contribution is 2.23. The smallest absolute Gasteiger partial charge is 0.231 e. The van der Waals surface area contributed by atoms with E-state index in [-0.39, 0.29) is 17.6 Å². The molecule has 16 heavy (non-hydrogen) atoms.